The Morgan fingerprint density at radius 2 is 1.51 bits per heavy atom. The van der Waals surface area contributed by atoms with E-state index in [4.69, 9.17) is 9.47 Å². The minimum atomic E-state index is -0.703. The van der Waals surface area contributed by atoms with E-state index >= 15 is 0 Å². The Bertz CT molecular complexity index is 1500. The molecule has 0 saturated heterocycles. The summed E-state index contributed by atoms with van der Waals surface area (Å²) in [6.45, 7) is 4.91. The number of anilines is 2. The number of hydrogen-bond acceptors (Lipinski definition) is 6. The van der Waals surface area contributed by atoms with Gasteiger partial charge in [0.2, 0.25) is 5.91 Å². The summed E-state index contributed by atoms with van der Waals surface area (Å²) >= 11 is 0. The van der Waals surface area contributed by atoms with Crippen LogP contribution in [0, 0.1) is 6.92 Å². The summed E-state index contributed by atoms with van der Waals surface area (Å²) in [6, 6.07) is 31.0. The molecule has 0 saturated carbocycles. The van der Waals surface area contributed by atoms with E-state index in [9.17, 15) is 14.4 Å². The second-order valence-electron chi connectivity index (χ2n) is 10.2. The van der Waals surface area contributed by atoms with Gasteiger partial charge in [0.15, 0.2) is 5.78 Å². The highest BCUT2D eigenvalue weighted by Gasteiger charge is 2.23. The number of aryl methyl sites for hydroxylation is 1. The fraction of sp³-hybridized carbons (Fsp3) is 0.250. The molecule has 0 fully saturated rings. The van der Waals surface area contributed by atoms with Gasteiger partial charge in [-0.3, -0.25) is 9.59 Å². The largest absolute Gasteiger partial charge is 0.494 e. The monoisotopic (exact) mass is 578 g/mol. The molecule has 0 aliphatic carbocycles. The summed E-state index contributed by atoms with van der Waals surface area (Å²) in [5.41, 5.74) is 4.56. The number of carbonyl (C=O) groups is 3. The topological polar surface area (TPSA) is 84.9 Å². The van der Waals surface area contributed by atoms with Crippen molar-refractivity contribution in [3.8, 4) is 5.75 Å². The normalized spacial score (nSPS) is 11.3. The van der Waals surface area contributed by atoms with Gasteiger partial charge in [0.05, 0.1) is 13.7 Å². The SMILES string of the molecule is CCC(=O)N(CCCOc1ccc(C[C@H](Nc2ccccc2C(=O)c2ccccc2)C(=O)OC)cc1)c1ccc(C)cc1. The first-order chi connectivity index (χ1) is 20.9. The summed E-state index contributed by atoms with van der Waals surface area (Å²) in [4.78, 5) is 40.2. The van der Waals surface area contributed by atoms with E-state index in [-0.39, 0.29) is 11.7 Å². The summed E-state index contributed by atoms with van der Waals surface area (Å²) < 4.78 is 11.0. The van der Waals surface area contributed by atoms with E-state index in [1.54, 1.807) is 35.2 Å². The minimum Gasteiger partial charge on any atom is -0.494 e. The van der Waals surface area contributed by atoms with Gasteiger partial charge in [-0.05, 0) is 55.3 Å². The zero-order valence-corrected chi connectivity index (χ0v) is 24.9. The molecule has 7 nitrogen and oxygen atoms in total. The molecule has 43 heavy (non-hydrogen) atoms. The van der Waals surface area contributed by atoms with Crippen LogP contribution in [0.25, 0.3) is 0 Å². The summed E-state index contributed by atoms with van der Waals surface area (Å²) in [5.74, 6) is 0.222. The maximum Gasteiger partial charge on any atom is 0.328 e. The molecule has 4 aromatic carbocycles. The Hall–Kier alpha value is -4.91. The number of esters is 1. The number of ether oxygens (including phenoxy) is 2. The van der Waals surface area contributed by atoms with Crippen LogP contribution in [0.3, 0.4) is 0 Å². The average Bonchev–Trinajstić information content (AvgIpc) is 3.05. The van der Waals surface area contributed by atoms with Crippen LogP contribution in [0.15, 0.2) is 103 Å². The smallest absolute Gasteiger partial charge is 0.328 e. The van der Waals surface area contributed by atoms with Gasteiger partial charge >= 0.3 is 5.97 Å². The van der Waals surface area contributed by atoms with Crippen molar-refractivity contribution in [3.63, 3.8) is 0 Å². The molecule has 4 aromatic rings. The van der Waals surface area contributed by atoms with Gasteiger partial charge in [-0.1, -0.05) is 79.2 Å². The average molecular weight is 579 g/mol. The van der Waals surface area contributed by atoms with Crippen molar-refractivity contribution < 1.29 is 23.9 Å². The summed E-state index contributed by atoms with van der Waals surface area (Å²) in [6.07, 6.45) is 1.47. The molecular formula is C36H38N2O5. The maximum absolute atomic E-state index is 13.2. The van der Waals surface area contributed by atoms with Crippen molar-refractivity contribution in [2.75, 3.05) is 30.5 Å². The zero-order valence-electron chi connectivity index (χ0n) is 24.9. The fourth-order valence-corrected chi connectivity index (χ4v) is 4.76. The zero-order chi connectivity index (χ0) is 30.6. The highest BCUT2D eigenvalue weighted by Crippen LogP contribution is 2.23. The summed E-state index contributed by atoms with van der Waals surface area (Å²) in [7, 11) is 1.35. The Kier molecular flexibility index (Phi) is 11.1. The Morgan fingerprint density at radius 3 is 2.19 bits per heavy atom. The van der Waals surface area contributed by atoms with Crippen molar-refractivity contribution in [2.45, 2.75) is 39.2 Å². The molecule has 0 bridgehead atoms. The first kappa shape index (κ1) is 31.0. The maximum atomic E-state index is 13.2. The number of nitrogens with one attached hydrogen (secondary N) is 1. The number of amides is 1. The van der Waals surface area contributed by atoms with Crippen LogP contribution in [0.5, 0.6) is 5.75 Å². The molecule has 0 radical (unpaired) electrons. The molecule has 0 heterocycles. The molecular weight excluding hydrogens is 540 g/mol. The fourth-order valence-electron chi connectivity index (χ4n) is 4.76. The van der Waals surface area contributed by atoms with Crippen LogP contribution in [0.1, 0.15) is 46.8 Å². The third-order valence-electron chi connectivity index (χ3n) is 7.13. The van der Waals surface area contributed by atoms with E-state index in [1.807, 2.05) is 86.6 Å². The quantitative estimate of drug-likeness (QED) is 0.103. The molecule has 7 heteroatoms. The third kappa shape index (κ3) is 8.55. The third-order valence-corrected chi connectivity index (χ3v) is 7.13. The lowest BCUT2D eigenvalue weighted by Gasteiger charge is -2.22. The number of para-hydroxylation sites is 1. The van der Waals surface area contributed by atoms with Crippen LogP contribution in [-0.2, 0) is 20.7 Å². The Labute approximate surface area is 253 Å². The van der Waals surface area contributed by atoms with E-state index in [1.165, 1.54) is 7.11 Å². The van der Waals surface area contributed by atoms with Crippen molar-refractivity contribution in [2.24, 2.45) is 0 Å². The first-order valence-electron chi connectivity index (χ1n) is 14.5. The van der Waals surface area contributed by atoms with Crippen LogP contribution < -0.4 is 15.0 Å². The van der Waals surface area contributed by atoms with Crippen LogP contribution in [0.4, 0.5) is 11.4 Å². The minimum absolute atomic E-state index is 0.0778. The molecule has 0 aromatic heterocycles. The number of carbonyl (C=O) groups excluding carboxylic acids is 3. The van der Waals surface area contributed by atoms with E-state index in [0.29, 0.717) is 55.0 Å². The number of benzene rings is 4. The Morgan fingerprint density at radius 1 is 0.837 bits per heavy atom. The lowest BCUT2D eigenvalue weighted by atomic mass is 10.00. The van der Waals surface area contributed by atoms with Crippen molar-refractivity contribution in [3.05, 3.63) is 125 Å². The van der Waals surface area contributed by atoms with Crippen LogP contribution in [-0.4, -0.2) is 44.0 Å². The van der Waals surface area contributed by atoms with Crippen LogP contribution >= 0.6 is 0 Å². The highest BCUT2D eigenvalue weighted by molar-refractivity contribution is 6.12. The molecule has 0 aliphatic heterocycles. The Balaban J connectivity index is 1.36. The molecule has 1 N–H and O–H groups in total. The van der Waals surface area contributed by atoms with Crippen LogP contribution in [0.2, 0.25) is 0 Å². The van der Waals surface area contributed by atoms with Gasteiger partial charge in [0.25, 0.3) is 0 Å². The summed E-state index contributed by atoms with van der Waals surface area (Å²) in [5, 5.41) is 3.24. The predicted octanol–water partition coefficient (Wildman–Crippen LogP) is 6.63. The number of nitrogens with zero attached hydrogens (tertiary/aromatic N) is 1. The second-order valence-corrected chi connectivity index (χ2v) is 10.2. The van der Waals surface area contributed by atoms with Crippen molar-refractivity contribution in [1.82, 2.24) is 0 Å². The standard InChI is InChI=1S/C36H38N2O5/c1-4-34(39)38(29-19-15-26(2)16-20-29)23-10-24-43-30-21-17-27(18-22-30)25-33(36(41)42-3)37-32-14-9-8-13-31(32)35(40)28-11-6-5-7-12-28/h5-9,11-22,33,37H,4,10,23-25H2,1-3H3/t33-/m0/s1. The van der Waals surface area contributed by atoms with Gasteiger partial charge in [-0.25, -0.2) is 4.79 Å². The second kappa shape index (κ2) is 15.4. The molecule has 0 spiro atoms. The lowest BCUT2D eigenvalue weighted by Crippen LogP contribution is -2.33. The number of rotatable bonds is 14. The van der Waals surface area contributed by atoms with Gasteiger partial charge in [-0.2, -0.15) is 0 Å². The molecule has 222 valence electrons. The van der Waals surface area contributed by atoms with E-state index < -0.39 is 12.0 Å². The molecule has 0 aliphatic rings. The van der Waals surface area contributed by atoms with Gasteiger partial charge < -0.3 is 19.7 Å². The lowest BCUT2D eigenvalue weighted by molar-refractivity contribution is -0.141. The van der Waals surface area contributed by atoms with Gasteiger partial charge in [0.1, 0.15) is 11.8 Å². The van der Waals surface area contributed by atoms with Gasteiger partial charge in [0, 0.05) is 41.9 Å². The van der Waals surface area contributed by atoms with Crippen molar-refractivity contribution >= 4 is 29.0 Å². The van der Waals surface area contributed by atoms with E-state index in [0.717, 1.165) is 16.8 Å². The van der Waals surface area contributed by atoms with Crippen molar-refractivity contribution in [1.29, 1.82) is 0 Å². The molecule has 1 amide bonds. The molecule has 0 unspecified atom stereocenters. The highest BCUT2D eigenvalue weighted by atomic mass is 16.5. The first-order valence-corrected chi connectivity index (χ1v) is 14.5. The number of ketones is 1. The molecule has 1 atom stereocenters. The predicted molar refractivity (Wildman–Crippen MR) is 170 cm³/mol. The number of hydrogen-bond donors (Lipinski definition) is 1. The van der Waals surface area contributed by atoms with E-state index in [2.05, 4.69) is 5.32 Å². The molecule has 4 rings (SSSR count). The van der Waals surface area contributed by atoms with Gasteiger partial charge in [-0.15, -0.1) is 0 Å². The number of methoxy groups -OCH3 is 1.